The first-order chi connectivity index (χ1) is 8.68. The highest BCUT2D eigenvalue weighted by molar-refractivity contribution is 7.84. The third-order valence-electron chi connectivity index (χ3n) is 2.58. The highest BCUT2D eigenvalue weighted by Gasteiger charge is 2.12. The number of nitrogens with one attached hydrogen (secondary N) is 2. The minimum atomic E-state index is -0.812. The van der Waals surface area contributed by atoms with E-state index in [-0.39, 0.29) is 5.91 Å². The van der Waals surface area contributed by atoms with Gasteiger partial charge in [0.15, 0.2) is 5.69 Å². The number of fused-ring (bicyclic) bond motifs is 1. The van der Waals surface area contributed by atoms with E-state index in [9.17, 15) is 9.00 Å². The Morgan fingerprint density at radius 2 is 2.22 bits per heavy atom. The molecule has 1 aromatic carbocycles. The fraction of sp³-hybridized carbons (Fsp3) is 0.333. The summed E-state index contributed by atoms with van der Waals surface area (Å²) in [4.78, 5) is 11.9. The fourth-order valence-corrected chi connectivity index (χ4v) is 2.25. The number of carbonyl (C=O) groups excluding carboxylic acids is 1. The second-order valence-electron chi connectivity index (χ2n) is 4.00. The molecule has 0 saturated heterocycles. The Balaban J connectivity index is 1.99. The number of nitrogens with zero attached hydrogens (tertiary/aromatic N) is 1. The van der Waals surface area contributed by atoms with Gasteiger partial charge in [0.1, 0.15) is 0 Å². The largest absolute Gasteiger partial charge is 0.351 e. The summed E-state index contributed by atoms with van der Waals surface area (Å²) in [5, 5.41) is 10.4. The first-order valence-corrected chi connectivity index (χ1v) is 7.42. The number of aromatic amines is 1. The summed E-state index contributed by atoms with van der Waals surface area (Å²) in [5.41, 5.74) is 1.25. The topological polar surface area (TPSA) is 74.8 Å². The molecular weight excluding hydrogens is 250 g/mol. The number of aromatic nitrogens is 2. The number of H-pyrrole nitrogens is 1. The van der Waals surface area contributed by atoms with E-state index in [4.69, 9.17) is 0 Å². The number of para-hydroxylation sites is 1. The molecule has 0 bridgehead atoms. The molecule has 1 aromatic heterocycles. The van der Waals surface area contributed by atoms with E-state index in [1.807, 2.05) is 24.3 Å². The molecular formula is C12H15N3O2S. The molecule has 0 radical (unpaired) electrons. The van der Waals surface area contributed by atoms with Gasteiger partial charge in [-0.2, -0.15) is 5.10 Å². The van der Waals surface area contributed by atoms with Gasteiger partial charge >= 0.3 is 0 Å². The van der Waals surface area contributed by atoms with Crippen LogP contribution in [0.4, 0.5) is 0 Å². The normalized spacial score (nSPS) is 12.5. The minimum Gasteiger partial charge on any atom is -0.351 e. The number of hydrogen-bond donors (Lipinski definition) is 2. The first kappa shape index (κ1) is 12.8. The van der Waals surface area contributed by atoms with E-state index in [0.717, 1.165) is 10.9 Å². The van der Waals surface area contributed by atoms with Gasteiger partial charge in [-0.05, 0) is 12.5 Å². The van der Waals surface area contributed by atoms with Gasteiger partial charge in [0, 0.05) is 34.7 Å². The number of rotatable bonds is 5. The van der Waals surface area contributed by atoms with Crippen LogP contribution in [-0.4, -0.2) is 38.9 Å². The Morgan fingerprint density at radius 1 is 1.44 bits per heavy atom. The zero-order chi connectivity index (χ0) is 13.0. The van der Waals surface area contributed by atoms with Crippen LogP contribution in [0, 0.1) is 0 Å². The Kier molecular flexibility index (Phi) is 4.09. The van der Waals surface area contributed by atoms with Gasteiger partial charge in [0.25, 0.3) is 5.91 Å². The van der Waals surface area contributed by atoms with Crippen LogP contribution in [0.25, 0.3) is 10.9 Å². The smallest absolute Gasteiger partial charge is 0.272 e. The van der Waals surface area contributed by atoms with Crippen molar-refractivity contribution in [3.8, 4) is 0 Å². The molecule has 0 saturated carbocycles. The zero-order valence-corrected chi connectivity index (χ0v) is 10.9. The highest BCUT2D eigenvalue weighted by Crippen LogP contribution is 2.14. The lowest BCUT2D eigenvalue weighted by Crippen LogP contribution is -2.25. The molecule has 1 unspecified atom stereocenters. The predicted octanol–water partition coefficient (Wildman–Crippen LogP) is 1.06. The summed E-state index contributed by atoms with van der Waals surface area (Å²) in [6.07, 6.45) is 2.36. The lowest BCUT2D eigenvalue weighted by molar-refractivity contribution is 0.0950. The molecule has 2 N–H and O–H groups in total. The van der Waals surface area contributed by atoms with E-state index in [2.05, 4.69) is 15.5 Å². The van der Waals surface area contributed by atoms with Crippen LogP contribution in [0.15, 0.2) is 24.3 Å². The maximum atomic E-state index is 11.9. The molecule has 0 aliphatic rings. The lowest BCUT2D eigenvalue weighted by atomic mass is 10.2. The average Bonchev–Trinajstić information content (AvgIpc) is 2.78. The molecule has 1 heterocycles. The van der Waals surface area contributed by atoms with Gasteiger partial charge in [0.2, 0.25) is 0 Å². The average molecular weight is 265 g/mol. The van der Waals surface area contributed by atoms with Crippen molar-refractivity contribution in [2.75, 3.05) is 18.6 Å². The van der Waals surface area contributed by atoms with E-state index in [1.165, 1.54) is 0 Å². The predicted molar refractivity (Wildman–Crippen MR) is 72.0 cm³/mol. The second kappa shape index (κ2) is 5.77. The maximum absolute atomic E-state index is 11.9. The molecule has 0 aliphatic heterocycles. The van der Waals surface area contributed by atoms with Crippen LogP contribution in [0.5, 0.6) is 0 Å². The Labute approximate surface area is 107 Å². The van der Waals surface area contributed by atoms with Crippen molar-refractivity contribution in [1.82, 2.24) is 15.5 Å². The molecule has 0 aliphatic carbocycles. The van der Waals surface area contributed by atoms with Crippen LogP contribution in [-0.2, 0) is 10.8 Å². The van der Waals surface area contributed by atoms with Crippen LogP contribution < -0.4 is 5.32 Å². The van der Waals surface area contributed by atoms with Gasteiger partial charge in [-0.3, -0.25) is 14.1 Å². The van der Waals surface area contributed by atoms with E-state index in [0.29, 0.717) is 24.4 Å². The zero-order valence-electron chi connectivity index (χ0n) is 10.1. The molecule has 5 nitrogen and oxygen atoms in total. The van der Waals surface area contributed by atoms with Gasteiger partial charge in [-0.15, -0.1) is 0 Å². The third-order valence-corrected chi connectivity index (χ3v) is 3.44. The van der Waals surface area contributed by atoms with Gasteiger partial charge in [-0.1, -0.05) is 18.2 Å². The van der Waals surface area contributed by atoms with Crippen LogP contribution >= 0.6 is 0 Å². The van der Waals surface area contributed by atoms with Crippen LogP contribution in [0.2, 0.25) is 0 Å². The molecule has 1 atom stereocenters. The van der Waals surface area contributed by atoms with Crippen molar-refractivity contribution in [1.29, 1.82) is 0 Å². The summed E-state index contributed by atoms with van der Waals surface area (Å²) in [5.74, 6) is 0.399. The summed E-state index contributed by atoms with van der Waals surface area (Å²) in [7, 11) is -0.812. The van der Waals surface area contributed by atoms with Crippen molar-refractivity contribution in [3.05, 3.63) is 30.0 Å². The summed E-state index contributed by atoms with van der Waals surface area (Å²) in [6, 6.07) is 7.49. The third kappa shape index (κ3) is 2.95. The van der Waals surface area contributed by atoms with Crippen LogP contribution in [0.1, 0.15) is 16.9 Å². The number of amides is 1. The Hall–Kier alpha value is -1.69. The van der Waals surface area contributed by atoms with Gasteiger partial charge in [-0.25, -0.2) is 0 Å². The van der Waals surface area contributed by atoms with Crippen molar-refractivity contribution < 1.29 is 9.00 Å². The molecule has 18 heavy (non-hydrogen) atoms. The summed E-state index contributed by atoms with van der Waals surface area (Å²) >= 11 is 0. The quantitative estimate of drug-likeness (QED) is 0.794. The van der Waals surface area contributed by atoms with Crippen molar-refractivity contribution in [3.63, 3.8) is 0 Å². The fourth-order valence-electron chi connectivity index (χ4n) is 1.70. The van der Waals surface area contributed by atoms with Gasteiger partial charge in [0.05, 0.1) is 5.52 Å². The first-order valence-electron chi connectivity index (χ1n) is 5.70. The molecule has 96 valence electrons. The molecule has 6 heteroatoms. The maximum Gasteiger partial charge on any atom is 0.272 e. The molecule has 2 aromatic rings. The molecule has 0 fully saturated rings. The standard InChI is InChI=1S/C12H15N3O2S/c1-18(17)8-4-7-13-12(16)11-9-5-2-3-6-10(9)14-15-11/h2-3,5-6H,4,7-8H2,1H3,(H,13,16)(H,14,15). The van der Waals surface area contributed by atoms with Crippen molar-refractivity contribution in [2.24, 2.45) is 0 Å². The summed E-state index contributed by atoms with van der Waals surface area (Å²) in [6.45, 7) is 0.513. The van der Waals surface area contributed by atoms with Crippen molar-refractivity contribution in [2.45, 2.75) is 6.42 Å². The van der Waals surface area contributed by atoms with Gasteiger partial charge < -0.3 is 5.32 Å². The Bertz CT molecular complexity index is 579. The number of carbonyl (C=O) groups is 1. The molecule has 1 amide bonds. The highest BCUT2D eigenvalue weighted by atomic mass is 32.2. The van der Waals surface area contributed by atoms with E-state index in [1.54, 1.807) is 6.26 Å². The Morgan fingerprint density at radius 3 is 3.00 bits per heavy atom. The number of benzene rings is 1. The van der Waals surface area contributed by atoms with Crippen molar-refractivity contribution >= 4 is 27.6 Å². The molecule has 0 spiro atoms. The van der Waals surface area contributed by atoms with Crippen LogP contribution in [0.3, 0.4) is 0 Å². The van der Waals surface area contributed by atoms with E-state index < -0.39 is 10.8 Å². The lowest BCUT2D eigenvalue weighted by Gasteiger charge is -2.02. The monoisotopic (exact) mass is 265 g/mol. The molecule has 2 rings (SSSR count). The second-order valence-corrected chi connectivity index (χ2v) is 5.56. The number of hydrogen-bond acceptors (Lipinski definition) is 3. The summed E-state index contributed by atoms with van der Waals surface area (Å²) < 4.78 is 10.9. The minimum absolute atomic E-state index is 0.200. The van der Waals surface area contributed by atoms with E-state index >= 15 is 0 Å². The SMILES string of the molecule is CS(=O)CCCNC(=O)c1n[nH]c2ccccc12.